The molecule has 0 aliphatic carbocycles. The minimum absolute atomic E-state index is 0.0878. The third-order valence-corrected chi connectivity index (χ3v) is 5.47. The monoisotopic (exact) mass is 507 g/mol. The number of carbonyl (C=O) groups excluding carboxylic acids is 1. The molecule has 2 heterocycles. The van der Waals surface area contributed by atoms with Crippen molar-refractivity contribution in [1.29, 1.82) is 0 Å². The van der Waals surface area contributed by atoms with Crippen LogP contribution in [0.5, 0.6) is 0 Å². The lowest BCUT2D eigenvalue weighted by atomic mass is 9.84. The smallest absolute Gasteiger partial charge is 0.381 e. The summed E-state index contributed by atoms with van der Waals surface area (Å²) in [5.74, 6) is -0.345. The molecule has 1 aliphatic heterocycles. The highest BCUT2D eigenvalue weighted by Gasteiger charge is 2.39. The van der Waals surface area contributed by atoms with Crippen molar-refractivity contribution >= 4 is 34.2 Å². The molecule has 1 saturated heterocycles. The van der Waals surface area contributed by atoms with Crippen molar-refractivity contribution < 1.29 is 22.7 Å². The zero-order valence-electron chi connectivity index (χ0n) is 15.6. The van der Waals surface area contributed by atoms with E-state index in [0.29, 0.717) is 37.3 Å². The van der Waals surface area contributed by atoms with Crippen molar-refractivity contribution in [3.8, 4) is 5.69 Å². The first kappa shape index (κ1) is 21.1. The van der Waals surface area contributed by atoms with Gasteiger partial charge in [-0.05, 0) is 65.5 Å². The number of carbonyl (C=O) groups is 1. The van der Waals surface area contributed by atoms with Crippen LogP contribution in [0.3, 0.4) is 0 Å². The number of nitrogens with one attached hydrogen (secondary N) is 1. The van der Waals surface area contributed by atoms with E-state index in [1.165, 1.54) is 30.1 Å². The number of ether oxygens (including phenoxy) is 1. The van der Waals surface area contributed by atoms with Crippen molar-refractivity contribution in [3.63, 3.8) is 0 Å². The number of amides is 1. The Hall–Kier alpha value is -1.62. The summed E-state index contributed by atoms with van der Waals surface area (Å²) in [7, 11) is 0. The number of hydrogen-bond acceptors (Lipinski definition) is 3. The number of alkyl halides is 3. The number of nitrogens with zero attached hydrogens (tertiary/aromatic N) is 2. The van der Waals surface area contributed by atoms with Gasteiger partial charge in [-0.3, -0.25) is 4.79 Å². The predicted molar refractivity (Wildman–Crippen MR) is 108 cm³/mol. The molecule has 1 aromatic carbocycles. The van der Waals surface area contributed by atoms with Gasteiger partial charge in [0, 0.05) is 31.5 Å². The van der Waals surface area contributed by atoms with Crippen LogP contribution in [-0.4, -0.2) is 28.9 Å². The van der Waals surface area contributed by atoms with Crippen molar-refractivity contribution in [2.24, 2.45) is 0 Å². The van der Waals surface area contributed by atoms with Crippen LogP contribution in [0.4, 0.5) is 18.9 Å². The quantitative estimate of drug-likeness (QED) is 0.590. The second-order valence-electron chi connectivity index (χ2n) is 6.75. The summed E-state index contributed by atoms with van der Waals surface area (Å²) in [5.41, 5.74) is 0.291. The fourth-order valence-corrected chi connectivity index (χ4v) is 4.03. The number of hydrogen-bond donors (Lipinski definition) is 1. The van der Waals surface area contributed by atoms with Gasteiger partial charge in [0.2, 0.25) is 5.91 Å². The lowest BCUT2D eigenvalue weighted by Crippen LogP contribution is -2.22. The average Bonchev–Trinajstić information content (AvgIpc) is 3.07. The van der Waals surface area contributed by atoms with Gasteiger partial charge in [-0.1, -0.05) is 6.92 Å². The highest BCUT2D eigenvalue weighted by atomic mass is 127. The Bertz CT molecular complexity index is 874. The molecule has 0 unspecified atom stereocenters. The first-order chi connectivity index (χ1) is 13.2. The molecule has 0 bridgehead atoms. The summed E-state index contributed by atoms with van der Waals surface area (Å²) in [4.78, 5) is 12.1. The van der Waals surface area contributed by atoms with E-state index in [1.54, 1.807) is 6.92 Å². The molecule has 0 atom stereocenters. The van der Waals surface area contributed by atoms with Crippen LogP contribution in [0.1, 0.15) is 48.8 Å². The Kier molecular flexibility index (Phi) is 6.33. The van der Waals surface area contributed by atoms with Gasteiger partial charge in [-0.15, -0.1) is 0 Å². The van der Waals surface area contributed by atoms with Crippen LogP contribution in [0.15, 0.2) is 18.5 Å². The second-order valence-corrected chi connectivity index (χ2v) is 7.99. The molecule has 152 valence electrons. The van der Waals surface area contributed by atoms with Crippen LogP contribution in [-0.2, 0) is 15.7 Å². The van der Waals surface area contributed by atoms with Crippen molar-refractivity contribution in [2.75, 3.05) is 18.5 Å². The lowest BCUT2D eigenvalue weighted by molar-refractivity contribution is -0.138. The molecule has 0 radical (unpaired) electrons. The fraction of sp³-hybridized carbons (Fsp3) is 0.474. The van der Waals surface area contributed by atoms with E-state index < -0.39 is 11.7 Å². The maximum Gasteiger partial charge on any atom is 0.418 e. The Morgan fingerprint density at radius 3 is 2.61 bits per heavy atom. The summed E-state index contributed by atoms with van der Waals surface area (Å²) in [6, 6.07) is 1.40. The Balaban J connectivity index is 2.26. The van der Waals surface area contributed by atoms with Gasteiger partial charge in [0.25, 0.3) is 0 Å². The van der Waals surface area contributed by atoms with Crippen LogP contribution in [0, 0.1) is 10.5 Å². The van der Waals surface area contributed by atoms with Gasteiger partial charge in [0.1, 0.15) is 0 Å². The molecule has 2 aromatic rings. The molecule has 5 nitrogen and oxygen atoms in total. The third kappa shape index (κ3) is 4.35. The molecule has 3 rings (SSSR count). The maximum absolute atomic E-state index is 14.1. The van der Waals surface area contributed by atoms with Crippen molar-refractivity contribution in [1.82, 2.24) is 9.78 Å². The third-order valence-electron chi connectivity index (χ3n) is 4.91. The van der Waals surface area contributed by atoms with Gasteiger partial charge in [-0.2, -0.15) is 18.3 Å². The van der Waals surface area contributed by atoms with E-state index in [9.17, 15) is 18.0 Å². The molecular weight excluding hydrogens is 486 g/mol. The van der Waals surface area contributed by atoms with E-state index in [2.05, 4.69) is 10.4 Å². The predicted octanol–water partition coefficient (Wildman–Crippen LogP) is 5.05. The number of rotatable bonds is 4. The molecule has 0 saturated carbocycles. The summed E-state index contributed by atoms with van der Waals surface area (Å²) in [6.45, 7) is 4.17. The van der Waals surface area contributed by atoms with Crippen LogP contribution < -0.4 is 5.32 Å². The van der Waals surface area contributed by atoms with Crippen molar-refractivity contribution in [2.45, 2.75) is 45.2 Å². The number of aromatic nitrogens is 2. The second kappa shape index (κ2) is 8.40. The summed E-state index contributed by atoms with van der Waals surface area (Å²) < 4.78 is 49.5. The number of halogens is 4. The molecule has 1 fully saturated rings. The van der Waals surface area contributed by atoms with E-state index in [-0.39, 0.29) is 29.5 Å². The van der Waals surface area contributed by atoms with Gasteiger partial charge in [0.15, 0.2) is 0 Å². The summed E-state index contributed by atoms with van der Waals surface area (Å²) >= 11 is 2.00. The first-order valence-corrected chi connectivity index (χ1v) is 10.1. The van der Waals surface area contributed by atoms with Crippen LogP contribution >= 0.6 is 22.6 Å². The molecule has 1 aliphatic rings. The molecule has 0 spiro atoms. The Morgan fingerprint density at radius 2 is 2.07 bits per heavy atom. The van der Waals surface area contributed by atoms with Gasteiger partial charge < -0.3 is 10.1 Å². The van der Waals surface area contributed by atoms with Crippen LogP contribution in [0.25, 0.3) is 5.69 Å². The molecule has 28 heavy (non-hydrogen) atoms. The SMILES string of the molecule is CCC(=O)Nc1cc(-n2cc(I)cn2)c(C(F)(F)F)c(C)c1C1CCOCC1. The summed E-state index contributed by atoms with van der Waals surface area (Å²) in [6.07, 6.45) is -0.0541. The standard InChI is InChI=1S/C19H21F3IN3O2/c1-3-16(27)25-14-8-15(26-10-13(23)9-24-26)18(19(20,21)22)11(2)17(14)12-4-6-28-7-5-12/h8-10,12H,3-7H2,1-2H3,(H,25,27). The Morgan fingerprint density at radius 1 is 1.39 bits per heavy atom. The highest BCUT2D eigenvalue weighted by molar-refractivity contribution is 14.1. The van der Waals surface area contributed by atoms with Gasteiger partial charge >= 0.3 is 6.18 Å². The highest BCUT2D eigenvalue weighted by Crippen LogP contribution is 2.44. The lowest BCUT2D eigenvalue weighted by Gasteiger charge is -2.29. The fourth-order valence-electron chi connectivity index (χ4n) is 3.64. The zero-order chi connectivity index (χ0) is 20.5. The van der Waals surface area contributed by atoms with Gasteiger partial charge in [0.05, 0.1) is 21.0 Å². The minimum Gasteiger partial charge on any atom is -0.381 e. The molecule has 1 N–H and O–H groups in total. The van der Waals surface area contributed by atoms with E-state index in [0.717, 1.165) is 3.57 Å². The number of anilines is 1. The first-order valence-electron chi connectivity index (χ1n) is 9.05. The summed E-state index contributed by atoms with van der Waals surface area (Å²) in [5, 5.41) is 6.86. The van der Waals surface area contributed by atoms with Crippen molar-refractivity contribution in [3.05, 3.63) is 38.7 Å². The maximum atomic E-state index is 14.1. The normalized spacial score (nSPS) is 15.6. The molecule has 9 heteroatoms. The molecule has 1 amide bonds. The Labute approximate surface area is 174 Å². The molecular formula is C19H21F3IN3O2. The van der Waals surface area contributed by atoms with Gasteiger partial charge in [-0.25, -0.2) is 4.68 Å². The molecule has 1 aromatic heterocycles. The van der Waals surface area contributed by atoms with E-state index in [1.807, 2.05) is 22.6 Å². The number of benzene rings is 1. The van der Waals surface area contributed by atoms with E-state index >= 15 is 0 Å². The average molecular weight is 507 g/mol. The largest absolute Gasteiger partial charge is 0.418 e. The van der Waals surface area contributed by atoms with Crippen LogP contribution in [0.2, 0.25) is 0 Å². The minimum atomic E-state index is -4.55. The topological polar surface area (TPSA) is 56.2 Å². The van der Waals surface area contributed by atoms with E-state index in [4.69, 9.17) is 4.74 Å². The zero-order valence-corrected chi connectivity index (χ0v) is 17.7.